The van der Waals surface area contributed by atoms with E-state index in [0.717, 1.165) is 0 Å². The predicted molar refractivity (Wildman–Crippen MR) is 276 cm³/mol. The summed E-state index contributed by atoms with van der Waals surface area (Å²) in [7, 11) is 0. The molecule has 0 saturated heterocycles. The van der Waals surface area contributed by atoms with Gasteiger partial charge in [0.15, 0.2) is 0 Å². The van der Waals surface area contributed by atoms with Crippen molar-refractivity contribution in [1.82, 2.24) is 4.57 Å². The molecule has 3 nitrogen and oxygen atoms in total. The Morgan fingerprint density at radius 1 is 0.500 bits per heavy atom. The predicted octanol–water partition coefficient (Wildman–Crippen LogP) is 12.4. The molecule has 0 amide bonds. The van der Waals surface area contributed by atoms with Crippen LogP contribution in [0.2, 0.25) is 0 Å². The number of rotatable bonds is 1. The highest BCUT2D eigenvalue weighted by molar-refractivity contribution is 7.01. The fourth-order valence-electron chi connectivity index (χ4n) is 12.8. The standard InChI is InChI=1S/C59H55B2N3/c1-56(2,3)34-25-26-37-39-27-28-49-51-53(39)64-52-43(41-33-50-42(32-46(41)61(64)45(37)30-34)38-21-16-18-24-48(38)63(50)58(7,8)9)29-35(57(4,5)6)31-47(52)60(51)55-54(62(49)36-19-13-12-14-20-36)40-22-15-17-23-44(40)59(55,10)11/h12-33H,1-11H3. The average Bonchev–Trinajstić information content (AvgIpc) is 3.72. The van der Waals surface area contributed by atoms with Crippen molar-refractivity contribution in [2.24, 2.45) is 0 Å². The molecular formula is C59H55B2N3. The largest absolute Gasteiger partial charge is 0.377 e. The number of allylic oxidation sites excluding steroid dienone is 1. The lowest BCUT2D eigenvalue weighted by Crippen LogP contribution is -2.67. The first-order valence-corrected chi connectivity index (χ1v) is 23.5. The second-order valence-corrected chi connectivity index (χ2v) is 22.9. The van der Waals surface area contributed by atoms with Crippen LogP contribution in [0.5, 0.6) is 0 Å². The van der Waals surface area contributed by atoms with Crippen LogP contribution >= 0.6 is 0 Å². The molecule has 0 radical (unpaired) electrons. The molecule has 1 aliphatic carbocycles. The third-order valence-corrected chi connectivity index (χ3v) is 15.7. The molecule has 13 rings (SSSR count). The molecule has 5 aliphatic rings. The quantitative estimate of drug-likeness (QED) is 0.153. The summed E-state index contributed by atoms with van der Waals surface area (Å²) in [6.07, 6.45) is 0. The van der Waals surface area contributed by atoms with E-state index in [1.165, 1.54) is 122 Å². The van der Waals surface area contributed by atoms with Gasteiger partial charge in [-0.05, 0) is 118 Å². The second kappa shape index (κ2) is 12.1. The van der Waals surface area contributed by atoms with Gasteiger partial charge in [-0.25, -0.2) is 0 Å². The Labute approximate surface area is 379 Å². The van der Waals surface area contributed by atoms with Crippen molar-refractivity contribution in [1.29, 1.82) is 0 Å². The van der Waals surface area contributed by atoms with Crippen molar-refractivity contribution in [2.75, 3.05) is 9.71 Å². The van der Waals surface area contributed by atoms with Crippen molar-refractivity contribution in [2.45, 2.75) is 97.9 Å². The Hall–Kier alpha value is -6.19. The van der Waals surface area contributed by atoms with Gasteiger partial charge in [-0.2, -0.15) is 0 Å². The Bertz CT molecular complexity index is 3440. The molecule has 0 fully saturated rings. The summed E-state index contributed by atoms with van der Waals surface area (Å²) in [5, 5.41) is 2.65. The van der Waals surface area contributed by atoms with E-state index in [-0.39, 0.29) is 35.3 Å². The number of para-hydroxylation sites is 2. The van der Waals surface area contributed by atoms with E-state index < -0.39 is 0 Å². The molecule has 1 aromatic heterocycles. The third kappa shape index (κ3) is 4.75. The molecule has 0 atom stereocenters. The Morgan fingerprint density at radius 2 is 1.17 bits per heavy atom. The SMILES string of the molecule is CC(C)(C)c1ccc2c(c1)B1c3cc4c5ccccc5n(C(C)(C)C)c4cc3-c3cc(C(C)(C)C)cc4c3N1c1c-2ccc2c1B4C1=C(c3ccccc3C1(C)C)N2c1ccccc1. The molecule has 5 heterocycles. The van der Waals surface area contributed by atoms with E-state index in [0.29, 0.717) is 0 Å². The molecular weight excluding hydrogens is 772 g/mol. The minimum Gasteiger partial charge on any atom is -0.377 e. The van der Waals surface area contributed by atoms with Crippen LogP contribution in [0, 0.1) is 0 Å². The number of aromatic nitrogens is 1. The van der Waals surface area contributed by atoms with E-state index in [1.807, 2.05) is 0 Å². The van der Waals surface area contributed by atoms with Gasteiger partial charge in [0.1, 0.15) is 0 Å². The van der Waals surface area contributed by atoms with Crippen LogP contribution in [0.25, 0.3) is 49.8 Å². The van der Waals surface area contributed by atoms with Crippen LogP contribution < -0.4 is 31.6 Å². The van der Waals surface area contributed by atoms with E-state index in [1.54, 1.807) is 0 Å². The molecule has 64 heavy (non-hydrogen) atoms. The van der Waals surface area contributed by atoms with Crippen molar-refractivity contribution in [3.05, 3.63) is 161 Å². The summed E-state index contributed by atoms with van der Waals surface area (Å²) >= 11 is 0. The average molecular weight is 828 g/mol. The maximum atomic E-state index is 2.84. The molecule has 312 valence electrons. The smallest absolute Gasteiger partial charge is 0.329 e. The van der Waals surface area contributed by atoms with Gasteiger partial charge in [-0.1, -0.05) is 158 Å². The maximum Gasteiger partial charge on any atom is 0.329 e. The van der Waals surface area contributed by atoms with Gasteiger partial charge in [0.2, 0.25) is 6.71 Å². The molecule has 7 aromatic carbocycles. The monoisotopic (exact) mass is 827 g/mol. The summed E-state index contributed by atoms with van der Waals surface area (Å²) in [6.45, 7) is 26.4. The summed E-state index contributed by atoms with van der Waals surface area (Å²) in [5.74, 6) is 0. The Balaban J connectivity index is 1.24. The first kappa shape index (κ1) is 38.3. The van der Waals surface area contributed by atoms with Crippen LogP contribution in [-0.4, -0.2) is 18.1 Å². The molecule has 0 unspecified atom stereocenters. The van der Waals surface area contributed by atoms with Crippen molar-refractivity contribution in [3.8, 4) is 22.3 Å². The maximum absolute atomic E-state index is 2.84. The van der Waals surface area contributed by atoms with E-state index in [2.05, 4.69) is 224 Å². The molecule has 4 aliphatic heterocycles. The number of hydrogen-bond acceptors (Lipinski definition) is 2. The highest BCUT2D eigenvalue weighted by atomic mass is 15.2. The van der Waals surface area contributed by atoms with Gasteiger partial charge in [0.25, 0.3) is 0 Å². The summed E-state index contributed by atoms with van der Waals surface area (Å²) in [6, 6.07) is 52.3. The molecule has 0 N–H and O–H groups in total. The van der Waals surface area contributed by atoms with Gasteiger partial charge < -0.3 is 14.3 Å². The highest BCUT2D eigenvalue weighted by Gasteiger charge is 2.57. The summed E-state index contributed by atoms with van der Waals surface area (Å²) in [4.78, 5) is 5.47. The molecule has 0 bridgehead atoms. The Kier molecular flexibility index (Phi) is 7.25. The van der Waals surface area contributed by atoms with E-state index in [9.17, 15) is 0 Å². The normalized spacial score (nSPS) is 16.3. The topological polar surface area (TPSA) is 11.4 Å². The van der Waals surface area contributed by atoms with Gasteiger partial charge in [0, 0.05) is 72.4 Å². The number of nitrogens with zero attached hydrogens (tertiary/aromatic N) is 3. The number of benzene rings is 7. The van der Waals surface area contributed by atoms with E-state index >= 15 is 0 Å². The zero-order valence-corrected chi connectivity index (χ0v) is 39.2. The van der Waals surface area contributed by atoms with Gasteiger partial charge in [-0.15, -0.1) is 0 Å². The van der Waals surface area contributed by atoms with Crippen molar-refractivity contribution in [3.63, 3.8) is 0 Å². The van der Waals surface area contributed by atoms with Crippen molar-refractivity contribution < 1.29 is 0 Å². The minimum atomic E-state index is -0.225. The lowest BCUT2D eigenvalue weighted by molar-refractivity contribution is 0.423. The van der Waals surface area contributed by atoms with Crippen LogP contribution in [0.4, 0.5) is 22.7 Å². The third-order valence-electron chi connectivity index (χ3n) is 15.7. The Morgan fingerprint density at radius 3 is 1.92 bits per heavy atom. The fraction of sp³-hybridized carbons (Fsp3) is 0.254. The van der Waals surface area contributed by atoms with Gasteiger partial charge in [0.05, 0.1) is 5.52 Å². The van der Waals surface area contributed by atoms with Crippen LogP contribution in [-0.2, 0) is 21.8 Å². The molecule has 0 saturated carbocycles. The van der Waals surface area contributed by atoms with Gasteiger partial charge in [-0.3, -0.25) is 0 Å². The molecule has 8 aromatic rings. The van der Waals surface area contributed by atoms with Crippen LogP contribution in [0.3, 0.4) is 0 Å². The molecule has 5 heteroatoms. The van der Waals surface area contributed by atoms with Crippen LogP contribution in [0.1, 0.15) is 98.4 Å². The number of hydrogen-bond donors (Lipinski definition) is 0. The van der Waals surface area contributed by atoms with E-state index in [4.69, 9.17) is 0 Å². The van der Waals surface area contributed by atoms with Gasteiger partial charge >= 0.3 is 6.85 Å². The van der Waals surface area contributed by atoms with Crippen molar-refractivity contribution >= 4 is 85.7 Å². The summed E-state index contributed by atoms with van der Waals surface area (Å²) < 4.78 is 2.60. The highest BCUT2D eigenvalue weighted by Crippen LogP contribution is 2.58. The zero-order valence-electron chi connectivity index (χ0n) is 39.2. The number of anilines is 4. The first-order chi connectivity index (χ1) is 30.4. The fourth-order valence-corrected chi connectivity index (χ4v) is 12.8. The zero-order chi connectivity index (χ0) is 44.1. The summed E-state index contributed by atoms with van der Waals surface area (Å²) in [5.41, 5.74) is 26.9. The second-order valence-electron chi connectivity index (χ2n) is 22.9. The lowest BCUT2D eigenvalue weighted by Gasteiger charge is -2.52. The molecule has 0 spiro atoms. The minimum absolute atomic E-state index is 0.00741. The van der Waals surface area contributed by atoms with Crippen LogP contribution in [0.15, 0.2) is 139 Å². The first-order valence-electron chi connectivity index (χ1n) is 23.5. The number of fused-ring (bicyclic) bond motifs is 13. The lowest BCUT2D eigenvalue weighted by atomic mass is 9.28.